The second kappa shape index (κ2) is 7.83. The van der Waals surface area contributed by atoms with Gasteiger partial charge in [0.15, 0.2) is 0 Å². The van der Waals surface area contributed by atoms with Crippen LogP contribution in [0.3, 0.4) is 0 Å². The van der Waals surface area contributed by atoms with Gasteiger partial charge in [0.1, 0.15) is 0 Å². The molecule has 0 spiro atoms. The Bertz CT molecular complexity index is 403. The van der Waals surface area contributed by atoms with E-state index < -0.39 is 0 Å². The normalized spacial score (nSPS) is 12.9. The van der Waals surface area contributed by atoms with Crippen molar-refractivity contribution < 1.29 is 0 Å². The molecule has 0 amide bonds. The highest BCUT2D eigenvalue weighted by Gasteiger charge is 2.14. The molecule has 1 nitrogen and oxygen atoms in total. The lowest BCUT2D eigenvalue weighted by atomic mass is 10.0. The van der Waals surface area contributed by atoms with Crippen LogP contribution in [-0.4, -0.2) is 17.5 Å². The topological polar surface area (TPSA) is 3.24 Å². The zero-order valence-corrected chi connectivity index (χ0v) is 12.8. The van der Waals surface area contributed by atoms with Crippen molar-refractivity contribution in [2.24, 2.45) is 5.92 Å². The number of allylic oxidation sites excluding steroid dienone is 1. The first kappa shape index (κ1) is 15.6. The Labute approximate surface area is 118 Å². The van der Waals surface area contributed by atoms with Gasteiger partial charge in [0, 0.05) is 18.3 Å². The van der Waals surface area contributed by atoms with Crippen molar-refractivity contribution in [2.45, 2.75) is 40.2 Å². The van der Waals surface area contributed by atoms with Gasteiger partial charge in [0.25, 0.3) is 0 Å². The van der Waals surface area contributed by atoms with Crippen LogP contribution in [0.25, 0.3) is 6.08 Å². The van der Waals surface area contributed by atoms with Gasteiger partial charge in [-0.1, -0.05) is 62.9 Å². The van der Waals surface area contributed by atoms with Gasteiger partial charge in [-0.05, 0) is 31.7 Å². The van der Waals surface area contributed by atoms with Gasteiger partial charge in [0.2, 0.25) is 0 Å². The average molecular weight is 257 g/mol. The fourth-order valence-corrected chi connectivity index (χ4v) is 2.04. The Morgan fingerprint density at radius 2 is 1.84 bits per heavy atom. The maximum Gasteiger partial charge on any atom is 0.0362 e. The van der Waals surface area contributed by atoms with Crippen LogP contribution in [0.2, 0.25) is 0 Å². The number of hydrogen-bond donors (Lipinski definition) is 0. The Kier molecular flexibility index (Phi) is 6.41. The van der Waals surface area contributed by atoms with Crippen molar-refractivity contribution in [1.29, 1.82) is 0 Å². The summed E-state index contributed by atoms with van der Waals surface area (Å²) in [5.41, 5.74) is 2.50. The molecule has 19 heavy (non-hydrogen) atoms. The van der Waals surface area contributed by atoms with Gasteiger partial charge in [-0.3, -0.25) is 0 Å². The minimum Gasteiger partial charge on any atom is -0.369 e. The van der Waals surface area contributed by atoms with Crippen LogP contribution < -0.4 is 0 Å². The van der Waals surface area contributed by atoms with Crippen LogP contribution in [-0.2, 0) is 0 Å². The van der Waals surface area contributed by atoms with E-state index in [2.05, 4.69) is 75.6 Å². The lowest BCUT2D eigenvalue weighted by Gasteiger charge is -2.32. The van der Waals surface area contributed by atoms with Gasteiger partial charge in [-0.2, -0.15) is 0 Å². The molecule has 0 aliphatic carbocycles. The zero-order chi connectivity index (χ0) is 14.3. The summed E-state index contributed by atoms with van der Waals surface area (Å²) < 4.78 is 0. The van der Waals surface area contributed by atoms with Gasteiger partial charge < -0.3 is 4.90 Å². The van der Waals surface area contributed by atoms with Crippen molar-refractivity contribution in [3.05, 3.63) is 54.2 Å². The highest BCUT2D eigenvalue weighted by molar-refractivity contribution is 5.48. The minimum atomic E-state index is 0.488. The molecule has 0 aliphatic rings. The van der Waals surface area contributed by atoms with E-state index in [0.29, 0.717) is 12.0 Å². The summed E-state index contributed by atoms with van der Waals surface area (Å²) in [4.78, 5) is 2.38. The lowest BCUT2D eigenvalue weighted by molar-refractivity contribution is 0.279. The fourth-order valence-electron chi connectivity index (χ4n) is 2.04. The molecule has 1 unspecified atom stereocenters. The van der Waals surface area contributed by atoms with Crippen molar-refractivity contribution in [3.8, 4) is 0 Å². The van der Waals surface area contributed by atoms with Gasteiger partial charge in [-0.25, -0.2) is 0 Å². The number of hydrogen-bond acceptors (Lipinski definition) is 1. The van der Waals surface area contributed by atoms with E-state index in [4.69, 9.17) is 0 Å². The summed E-state index contributed by atoms with van der Waals surface area (Å²) in [7, 11) is 0. The zero-order valence-electron chi connectivity index (χ0n) is 12.8. The molecule has 1 heteroatoms. The van der Waals surface area contributed by atoms with Gasteiger partial charge >= 0.3 is 0 Å². The first-order valence-electron chi connectivity index (χ1n) is 7.23. The summed E-state index contributed by atoms with van der Waals surface area (Å²) in [5, 5.41) is 0. The molecule has 1 aromatic rings. The summed E-state index contributed by atoms with van der Waals surface area (Å²) in [6.45, 7) is 14.1. The number of rotatable bonds is 7. The SMILES string of the molecule is C=C(C(C)CC)N(C/C=C/c1ccccc1)C(C)C. The lowest BCUT2D eigenvalue weighted by Crippen LogP contribution is -2.32. The smallest absolute Gasteiger partial charge is 0.0362 e. The van der Waals surface area contributed by atoms with Crippen LogP contribution >= 0.6 is 0 Å². The Balaban J connectivity index is 2.65. The fraction of sp³-hybridized carbons (Fsp3) is 0.444. The largest absolute Gasteiger partial charge is 0.369 e. The van der Waals surface area contributed by atoms with Gasteiger partial charge in [0.05, 0.1) is 0 Å². The highest BCUT2D eigenvalue weighted by Crippen LogP contribution is 2.19. The third kappa shape index (κ3) is 4.94. The molecular formula is C18H27N. The standard InChI is InChI=1S/C18H27N/c1-6-16(4)17(5)19(15(2)3)14-10-13-18-11-8-7-9-12-18/h7-13,15-16H,5-6,14H2,1-4H3/b13-10+. The molecule has 0 saturated carbocycles. The van der Waals surface area contributed by atoms with Crippen molar-refractivity contribution in [3.63, 3.8) is 0 Å². The van der Waals surface area contributed by atoms with E-state index in [-0.39, 0.29) is 0 Å². The van der Waals surface area contributed by atoms with E-state index in [0.717, 1.165) is 13.0 Å². The van der Waals surface area contributed by atoms with E-state index in [1.165, 1.54) is 11.3 Å². The summed E-state index contributed by atoms with van der Waals surface area (Å²) >= 11 is 0. The van der Waals surface area contributed by atoms with E-state index in [1.54, 1.807) is 0 Å². The average Bonchev–Trinajstić information content (AvgIpc) is 2.42. The number of nitrogens with zero attached hydrogens (tertiary/aromatic N) is 1. The minimum absolute atomic E-state index is 0.488. The maximum absolute atomic E-state index is 4.26. The maximum atomic E-state index is 4.26. The first-order valence-corrected chi connectivity index (χ1v) is 7.23. The van der Waals surface area contributed by atoms with Crippen LogP contribution in [0.15, 0.2) is 48.7 Å². The Morgan fingerprint density at radius 3 is 2.37 bits per heavy atom. The molecular weight excluding hydrogens is 230 g/mol. The molecule has 0 heterocycles. The summed E-state index contributed by atoms with van der Waals surface area (Å²) in [5.74, 6) is 0.549. The van der Waals surface area contributed by atoms with Crippen molar-refractivity contribution >= 4 is 6.08 Å². The molecule has 1 aromatic carbocycles. The van der Waals surface area contributed by atoms with E-state index in [1.807, 2.05) is 6.07 Å². The second-order valence-electron chi connectivity index (χ2n) is 5.36. The quantitative estimate of drug-likeness (QED) is 0.666. The molecule has 0 fully saturated rings. The van der Waals surface area contributed by atoms with Crippen LogP contribution in [0.5, 0.6) is 0 Å². The third-order valence-corrected chi connectivity index (χ3v) is 3.59. The van der Waals surface area contributed by atoms with Crippen LogP contribution in [0.1, 0.15) is 39.7 Å². The Morgan fingerprint density at radius 1 is 1.21 bits per heavy atom. The molecule has 0 aromatic heterocycles. The van der Waals surface area contributed by atoms with E-state index >= 15 is 0 Å². The van der Waals surface area contributed by atoms with Crippen molar-refractivity contribution in [2.75, 3.05) is 6.54 Å². The Hall–Kier alpha value is -1.50. The van der Waals surface area contributed by atoms with Crippen LogP contribution in [0.4, 0.5) is 0 Å². The van der Waals surface area contributed by atoms with Gasteiger partial charge in [-0.15, -0.1) is 0 Å². The molecule has 1 atom stereocenters. The number of benzene rings is 1. The predicted octanol–water partition coefficient (Wildman–Crippen LogP) is 4.97. The molecule has 1 rings (SSSR count). The monoisotopic (exact) mass is 257 g/mol. The second-order valence-corrected chi connectivity index (χ2v) is 5.36. The predicted molar refractivity (Wildman–Crippen MR) is 85.9 cm³/mol. The summed E-state index contributed by atoms with van der Waals surface area (Å²) in [6.07, 6.45) is 5.55. The molecule has 0 N–H and O–H groups in total. The third-order valence-electron chi connectivity index (χ3n) is 3.59. The molecule has 0 bridgehead atoms. The first-order chi connectivity index (χ1) is 9.06. The van der Waals surface area contributed by atoms with Crippen molar-refractivity contribution in [1.82, 2.24) is 4.90 Å². The molecule has 104 valence electrons. The summed E-state index contributed by atoms with van der Waals surface area (Å²) in [6, 6.07) is 10.9. The molecule has 0 aliphatic heterocycles. The van der Waals surface area contributed by atoms with E-state index in [9.17, 15) is 0 Å². The van der Waals surface area contributed by atoms with Crippen LogP contribution in [0, 0.1) is 5.92 Å². The molecule has 0 saturated heterocycles. The highest BCUT2D eigenvalue weighted by atomic mass is 15.2. The molecule has 0 radical (unpaired) electrons.